The van der Waals surface area contributed by atoms with Gasteiger partial charge in [0.15, 0.2) is 0 Å². The molecule has 0 radical (unpaired) electrons. The fraction of sp³-hybridized carbons (Fsp3) is 0.323. The first-order valence-corrected chi connectivity index (χ1v) is 14.1. The fourth-order valence-corrected chi connectivity index (χ4v) is 5.23. The lowest BCUT2D eigenvalue weighted by atomic mass is 9.93. The predicted molar refractivity (Wildman–Crippen MR) is 152 cm³/mol. The molecule has 0 aromatic heterocycles. The number of carbonyl (C=O) groups excluding carboxylic acids is 1. The summed E-state index contributed by atoms with van der Waals surface area (Å²) in [6, 6.07) is 16.1. The molecule has 1 heterocycles. The summed E-state index contributed by atoms with van der Waals surface area (Å²) >= 11 is 3.34. The van der Waals surface area contributed by atoms with Crippen molar-refractivity contribution in [3.63, 3.8) is 0 Å². The smallest absolute Gasteiger partial charge is 0.249 e. The van der Waals surface area contributed by atoms with Crippen molar-refractivity contribution in [3.05, 3.63) is 93.5 Å². The van der Waals surface area contributed by atoms with Gasteiger partial charge >= 0.3 is 0 Å². The Morgan fingerprint density at radius 3 is 2.52 bits per heavy atom. The van der Waals surface area contributed by atoms with E-state index in [-0.39, 0.29) is 36.7 Å². The van der Waals surface area contributed by atoms with E-state index >= 15 is 0 Å². The summed E-state index contributed by atoms with van der Waals surface area (Å²) in [7, 11) is 1.54. The van der Waals surface area contributed by atoms with Crippen molar-refractivity contribution in [2.75, 3.05) is 33.4 Å². The van der Waals surface area contributed by atoms with Crippen molar-refractivity contribution in [2.24, 2.45) is 5.92 Å². The number of hydrogen-bond donors (Lipinski definition) is 2. The Hall–Kier alpha value is -3.43. The summed E-state index contributed by atoms with van der Waals surface area (Å²) in [5, 5.41) is 6.42. The van der Waals surface area contributed by atoms with Crippen molar-refractivity contribution in [3.8, 4) is 17.2 Å². The fourth-order valence-electron chi connectivity index (χ4n) is 4.87. The van der Waals surface area contributed by atoms with Gasteiger partial charge in [0.1, 0.15) is 42.1 Å². The molecule has 1 unspecified atom stereocenters. The van der Waals surface area contributed by atoms with E-state index in [0.29, 0.717) is 45.8 Å². The lowest BCUT2D eigenvalue weighted by Crippen LogP contribution is -2.37. The molecule has 2 N–H and O–H groups in total. The molecule has 0 spiro atoms. The minimum absolute atomic E-state index is 0.192. The maximum Gasteiger partial charge on any atom is 0.249 e. The van der Waals surface area contributed by atoms with Gasteiger partial charge in [-0.25, -0.2) is 8.78 Å². The van der Waals surface area contributed by atoms with Crippen LogP contribution in [0.4, 0.5) is 8.78 Å². The highest BCUT2D eigenvalue weighted by molar-refractivity contribution is 9.10. The van der Waals surface area contributed by atoms with Crippen LogP contribution < -0.4 is 24.8 Å². The summed E-state index contributed by atoms with van der Waals surface area (Å²) in [6.45, 7) is 1.73. The third kappa shape index (κ3) is 6.82. The number of amides is 1. The number of ether oxygens (including phenoxy) is 3. The molecular formula is C31H31BrF2N2O4. The molecule has 1 atom stereocenters. The van der Waals surface area contributed by atoms with Crippen LogP contribution in [0.25, 0.3) is 5.57 Å². The second kappa shape index (κ2) is 12.8. The molecule has 40 heavy (non-hydrogen) atoms. The second-order valence-corrected chi connectivity index (χ2v) is 10.7. The quantitative estimate of drug-likeness (QED) is 0.252. The van der Waals surface area contributed by atoms with E-state index in [0.717, 1.165) is 30.5 Å². The molecule has 5 rings (SSSR count). The van der Waals surface area contributed by atoms with Gasteiger partial charge in [-0.3, -0.25) is 4.79 Å². The summed E-state index contributed by atoms with van der Waals surface area (Å²) in [5.41, 5.74) is 3.01. The second-order valence-electron chi connectivity index (χ2n) is 9.86. The minimum atomic E-state index is -0.413. The third-order valence-corrected chi connectivity index (χ3v) is 7.77. The van der Waals surface area contributed by atoms with Crippen LogP contribution in [0.15, 0.2) is 70.7 Å². The first kappa shape index (κ1) is 28.1. The molecule has 210 valence electrons. The van der Waals surface area contributed by atoms with Gasteiger partial charge in [-0.2, -0.15) is 0 Å². The zero-order valence-corrected chi connectivity index (χ0v) is 23.7. The summed E-state index contributed by atoms with van der Waals surface area (Å²) < 4.78 is 45.6. The molecule has 6 nitrogen and oxygen atoms in total. The van der Waals surface area contributed by atoms with Gasteiger partial charge in [-0.05, 0) is 101 Å². The maximum absolute atomic E-state index is 14.8. The average molecular weight is 613 g/mol. The van der Waals surface area contributed by atoms with Crippen LogP contribution in [0.5, 0.6) is 17.2 Å². The first-order chi connectivity index (χ1) is 19.4. The van der Waals surface area contributed by atoms with Crippen molar-refractivity contribution in [1.29, 1.82) is 0 Å². The van der Waals surface area contributed by atoms with Crippen LogP contribution >= 0.6 is 15.9 Å². The molecule has 1 aliphatic heterocycles. The number of halogens is 3. The molecule has 1 amide bonds. The molecule has 9 heteroatoms. The Bertz CT molecular complexity index is 1390. The molecule has 0 saturated heterocycles. The first-order valence-electron chi connectivity index (χ1n) is 13.3. The van der Waals surface area contributed by atoms with E-state index in [9.17, 15) is 13.6 Å². The number of rotatable bonds is 11. The third-order valence-electron chi connectivity index (χ3n) is 7.12. The van der Waals surface area contributed by atoms with Crippen LogP contribution in [0.2, 0.25) is 0 Å². The van der Waals surface area contributed by atoms with Gasteiger partial charge in [0, 0.05) is 23.7 Å². The Morgan fingerprint density at radius 2 is 1.77 bits per heavy atom. The lowest BCUT2D eigenvalue weighted by molar-refractivity contribution is -0.118. The molecule has 0 bridgehead atoms. The van der Waals surface area contributed by atoms with Crippen molar-refractivity contribution < 1.29 is 27.8 Å². The number of methoxy groups -OCH3 is 1. The highest BCUT2D eigenvalue weighted by Gasteiger charge is 2.36. The van der Waals surface area contributed by atoms with Gasteiger partial charge in [0.25, 0.3) is 0 Å². The lowest BCUT2D eigenvalue weighted by Gasteiger charge is -2.25. The zero-order chi connectivity index (χ0) is 28.1. The molecular weight excluding hydrogens is 582 g/mol. The van der Waals surface area contributed by atoms with Crippen molar-refractivity contribution >= 4 is 27.4 Å². The normalized spacial score (nSPS) is 15.9. The highest BCUT2D eigenvalue weighted by atomic mass is 79.9. The Kier molecular flexibility index (Phi) is 9.01. The van der Waals surface area contributed by atoms with E-state index in [1.54, 1.807) is 25.3 Å². The van der Waals surface area contributed by atoms with Gasteiger partial charge in [0.05, 0.1) is 17.6 Å². The van der Waals surface area contributed by atoms with E-state index in [4.69, 9.17) is 14.2 Å². The van der Waals surface area contributed by atoms with Crippen LogP contribution in [-0.2, 0) is 4.79 Å². The number of nitrogens with one attached hydrogen (secondary N) is 2. The molecule has 2 aliphatic rings. The highest BCUT2D eigenvalue weighted by Crippen LogP contribution is 2.43. The molecule has 3 aromatic carbocycles. The zero-order valence-electron chi connectivity index (χ0n) is 22.1. The van der Waals surface area contributed by atoms with Crippen LogP contribution in [-0.4, -0.2) is 39.3 Å². The Balaban J connectivity index is 1.25. The number of carbonyl (C=O) groups is 1. The van der Waals surface area contributed by atoms with E-state index in [1.807, 2.05) is 24.3 Å². The minimum Gasteiger partial charge on any atom is -0.497 e. The molecule has 1 fully saturated rings. The number of hydrogen-bond acceptors (Lipinski definition) is 5. The van der Waals surface area contributed by atoms with Gasteiger partial charge in [-0.1, -0.05) is 12.1 Å². The molecule has 1 aliphatic carbocycles. The van der Waals surface area contributed by atoms with Gasteiger partial charge in [-0.15, -0.1) is 0 Å². The molecule has 3 aromatic rings. The SMILES string of the molecule is COc1ccc(F)c(C(NC(=O)C2=C(c3ccc(OCCOc4cc(F)ccc4Br)cc3)CCNC2)C2CC2)c1. The summed E-state index contributed by atoms with van der Waals surface area (Å²) in [5.74, 6) is 0.931. The standard InChI is InChI=1S/C31H31BrF2N2O4/c1-38-23-9-11-28(34)25(17-23)30(20-2-3-20)36-31(37)26-18-35-13-12-24(26)19-4-7-22(8-5-19)39-14-15-40-29-16-21(33)6-10-27(29)32/h4-11,16-17,20,30,35H,2-3,12-15,18H2,1H3,(H,36,37). The van der Waals surface area contributed by atoms with Crippen LogP contribution in [0.1, 0.15) is 36.4 Å². The Labute approximate surface area is 240 Å². The van der Waals surface area contributed by atoms with Crippen LogP contribution in [0.3, 0.4) is 0 Å². The topological polar surface area (TPSA) is 68.8 Å². The van der Waals surface area contributed by atoms with Crippen molar-refractivity contribution in [1.82, 2.24) is 10.6 Å². The predicted octanol–water partition coefficient (Wildman–Crippen LogP) is 6.21. The number of benzene rings is 3. The van der Waals surface area contributed by atoms with E-state index in [1.165, 1.54) is 18.2 Å². The van der Waals surface area contributed by atoms with E-state index < -0.39 is 6.04 Å². The van der Waals surface area contributed by atoms with Crippen LogP contribution in [0, 0.1) is 17.6 Å². The largest absolute Gasteiger partial charge is 0.497 e. The van der Waals surface area contributed by atoms with Crippen molar-refractivity contribution in [2.45, 2.75) is 25.3 Å². The van der Waals surface area contributed by atoms with E-state index in [2.05, 4.69) is 26.6 Å². The maximum atomic E-state index is 14.8. The van der Waals surface area contributed by atoms with Gasteiger partial charge in [0.2, 0.25) is 5.91 Å². The average Bonchev–Trinajstić information content (AvgIpc) is 3.82. The molecule has 1 saturated carbocycles. The Morgan fingerprint density at radius 1 is 1.02 bits per heavy atom. The van der Waals surface area contributed by atoms with Gasteiger partial charge < -0.3 is 24.8 Å². The summed E-state index contributed by atoms with van der Waals surface area (Å²) in [4.78, 5) is 13.5. The summed E-state index contributed by atoms with van der Waals surface area (Å²) in [6.07, 6.45) is 2.58. The monoisotopic (exact) mass is 612 g/mol.